The second-order valence-electron chi connectivity index (χ2n) is 11.6. The van der Waals surface area contributed by atoms with Gasteiger partial charge < -0.3 is 14.2 Å². The summed E-state index contributed by atoms with van der Waals surface area (Å²) in [5.41, 5.74) is 3.90. The average Bonchev–Trinajstić information content (AvgIpc) is 3.62. The minimum atomic E-state index is -0.170. The van der Waals surface area contributed by atoms with Gasteiger partial charge >= 0.3 is 0 Å². The second kappa shape index (κ2) is 11.5. The van der Waals surface area contributed by atoms with Crippen LogP contribution in [0.4, 0.5) is 0 Å². The van der Waals surface area contributed by atoms with Crippen LogP contribution in [0.25, 0.3) is 22.7 Å². The van der Waals surface area contributed by atoms with Gasteiger partial charge in [-0.2, -0.15) is 15.2 Å². The van der Waals surface area contributed by atoms with Crippen molar-refractivity contribution in [2.24, 2.45) is 0 Å². The Morgan fingerprint density at radius 1 is 0.977 bits per heavy atom. The van der Waals surface area contributed by atoms with Gasteiger partial charge in [-0.15, -0.1) is 0 Å². The van der Waals surface area contributed by atoms with Gasteiger partial charge in [0.1, 0.15) is 11.5 Å². The van der Waals surface area contributed by atoms with Gasteiger partial charge in [-0.1, -0.05) is 25.1 Å². The SMILES string of the molecule is CC(C)c1ccc(-c2ccc(Oc3cc(-c4nc(C5CC(=O)N(C6CC6)C5)no4)ccc3Cn3cnccc3=O)cc2)nn1. The molecule has 1 aliphatic heterocycles. The first-order chi connectivity index (χ1) is 21.4. The normalized spacial score (nSPS) is 16.6. The lowest BCUT2D eigenvalue weighted by molar-refractivity contribution is -0.128. The molecule has 1 amide bonds. The summed E-state index contributed by atoms with van der Waals surface area (Å²) in [5, 5.41) is 12.9. The molecule has 0 bridgehead atoms. The summed E-state index contributed by atoms with van der Waals surface area (Å²) in [4.78, 5) is 35.6. The molecule has 0 radical (unpaired) electrons. The number of hydrogen-bond acceptors (Lipinski definition) is 9. The van der Waals surface area contributed by atoms with Crippen molar-refractivity contribution >= 4 is 5.91 Å². The van der Waals surface area contributed by atoms with Crippen molar-refractivity contribution in [1.82, 2.24) is 34.8 Å². The number of ether oxygens (including phenoxy) is 1. The molecule has 0 N–H and O–H groups in total. The van der Waals surface area contributed by atoms with Crippen LogP contribution in [0, 0.1) is 0 Å². The molecular formula is C33H31N7O4. The summed E-state index contributed by atoms with van der Waals surface area (Å²) in [6.45, 7) is 5.05. The van der Waals surface area contributed by atoms with Crippen molar-refractivity contribution in [2.45, 2.75) is 57.5 Å². The molecule has 2 aromatic carbocycles. The van der Waals surface area contributed by atoms with Crippen LogP contribution in [0.5, 0.6) is 11.5 Å². The second-order valence-corrected chi connectivity index (χ2v) is 11.6. The Hall–Kier alpha value is -5.19. The Morgan fingerprint density at radius 3 is 2.52 bits per heavy atom. The van der Waals surface area contributed by atoms with Gasteiger partial charge in [0, 0.05) is 53.9 Å². The third kappa shape index (κ3) is 5.72. The van der Waals surface area contributed by atoms with Gasteiger partial charge in [0.05, 0.1) is 24.3 Å². The zero-order valence-electron chi connectivity index (χ0n) is 24.5. The van der Waals surface area contributed by atoms with Crippen molar-refractivity contribution < 1.29 is 14.1 Å². The summed E-state index contributed by atoms with van der Waals surface area (Å²) < 4.78 is 13.5. The molecule has 1 aliphatic carbocycles. The maximum Gasteiger partial charge on any atom is 0.258 e. The van der Waals surface area contributed by atoms with Crippen LogP contribution < -0.4 is 10.3 Å². The summed E-state index contributed by atoms with van der Waals surface area (Å²) in [6, 6.07) is 18.9. The Labute approximate surface area is 253 Å². The number of amides is 1. The number of aromatic nitrogens is 6. The minimum Gasteiger partial charge on any atom is -0.457 e. The van der Waals surface area contributed by atoms with E-state index in [2.05, 4.69) is 39.2 Å². The van der Waals surface area contributed by atoms with Crippen LogP contribution >= 0.6 is 0 Å². The molecule has 1 saturated heterocycles. The van der Waals surface area contributed by atoms with Crippen molar-refractivity contribution in [3.8, 4) is 34.2 Å². The standard InChI is InChI=1S/C33H31N7O4/c1-20(2)27-11-12-28(37-36-27)21-5-9-26(10-6-21)43-29-15-22(3-4-23(29)17-39-19-34-14-13-30(39)41)33-35-32(38-44-33)24-16-31(42)40(18-24)25-7-8-25/h3-6,9-15,19-20,24-25H,7-8,16-18H2,1-2H3. The van der Waals surface area contributed by atoms with E-state index in [0.29, 0.717) is 53.7 Å². The monoisotopic (exact) mass is 589 g/mol. The highest BCUT2D eigenvalue weighted by Gasteiger charge is 2.41. The van der Waals surface area contributed by atoms with Crippen LogP contribution in [0.2, 0.25) is 0 Å². The van der Waals surface area contributed by atoms with Crippen LogP contribution in [-0.2, 0) is 11.3 Å². The molecule has 3 aromatic heterocycles. The minimum absolute atomic E-state index is 0.0853. The maximum absolute atomic E-state index is 12.5. The van der Waals surface area contributed by atoms with Crippen LogP contribution in [0.1, 0.15) is 62.0 Å². The predicted molar refractivity (Wildman–Crippen MR) is 161 cm³/mol. The van der Waals surface area contributed by atoms with E-state index in [1.54, 1.807) is 0 Å². The highest BCUT2D eigenvalue weighted by atomic mass is 16.5. The predicted octanol–water partition coefficient (Wildman–Crippen LogP) is 5.19. The molecule has 1 saturated carbocycles. The van der Waals surface area contributed by atoms with Crippen LogP contribution in [0.15, 0.2) is 82.5 Å². The van der Waals surface area contributed by atoms with Gasteiger partial charge in [0.2, 0.25) is 5.91 Å². The highest BCUT2D eigenvalue weighted by molar-refractivity contribution is 5.80. The molecule has 0 spiro atoms. The summed E-state index contributed by atoms with van der Waals surface area (Å²) in [6.07, 6.45) is 5.50. The summed E-state index contributed by atoms with van der Waals surface area (Å²) in [7, 11) is 0. The van der Waals surface area contributed by atoms with Crippen molar-refractivity contribution in [2.75, 3.05) is 6.54 Å². The molecule has 2 fully saturated rings. The van der Waals surface area contributed by atoms with Gasteiger partial charge in [0.25, 0.3) is 11.4 Å². The fraction of sp³-hybridized carbons (Fsp3) is 0.303. The molecule has 11 heteroatoms. The molecule has 1 atom stereocenters. The molecule has 7 rings (SSSR count). The Morgan fingerprint density at radius 2 is 1.80 bits per heavy atom. The Kier molecular flexibility index (Phi) is 7.21. The fourth-order valence-corrected chi connectivity index (χ4v) is 5.38. The highest BCUT2D eigenvalue weighted by Crippen LogP contribution is 2.37. The number of carbonyl (C=O) groups is 1. The third-order valence-corrected chi connectivity index (χ3v) is 8.05. The Bertz CT molecular complexity index is 1860. The summed E-state index contributed by atoms with van der Waals surface area (Å²) >= 11 is 0. The quantitative estimate of drug-likeness (QED) is 0.228. The zero-order valence-corrected chi connectivity index (χ0v) is 24.5. The van der Waals surface area contributed by atoms with E-state index >= 15 is 0 Å². The largest absolute Gasteiger partial charge is 0.457 e. The molecule has 2 aliphatic rings. The van der Waals surface area contributed by atoms with Crippen LogP contribution in [0.3, 0.4) is 0 Å². The fourth-order valence-electron chi connectivity index (χ4n) is 5.38. The molecule has 5 aromatic rings. The first-order valence-corrected chi connectivity index (χ1v) is 14.8. The van der Waals surface area contributed by atoms with E-state index in [9.17, 15) is 9.59 Å². The topological polar surface area (TPSA) is 129 Å². The molecule has 222 valence electrons. The molecule has 1 unspecified atom stereocenters. The first-order valence-electron chi connectivity index (χ1n) is 14.8. The number of benzene rings is 2. The van der Waals surface area contributed by atoms with E-state index in [4.69, 9.17) is 9.26 Å². The van der Waals surface area contributed by atoms with Gasteiger partial charge in [0.15, 0.2) is 5.82 Å². The number of hydrogen-bond donors (Lipinski definition) is 0. The molecule has 44 heavy (non-hydrogen) atoms. The van der Waals surface area contributed by atoms with E-state index in [0.717, 1.165) is 35.4 Å². The number of rotatable bonds is 9. The van der Waals surface area contributed by atoms with E-state index in [1.165, 1.54) is 23.2 Å². The van der Waals surface area contributed by atoms with E-state index < -0.39 is 0 Å². The third-order valence-electron chi connectivity index (χ3n) is 8.05. The molecule has 11 nitrogen and oxygen atoms in total. The number of carbonyl (C=O) groups excluding carboxylic acids is 1. The number of nitrogens with zero attached hydrogens (tertiary/aromatic N) is 7. The lowest BCUT2D eigenvalue weighted by atomic mass is 10.1. The lowest BCUT2D eigenvalue weighted by Crippen LogP contribution is -2.27. The van der Waals surface area contributed by atoms with Gasteiger partial charge in [-0.3, -0.25) is 14.2 Å². The summed E-state index contributed by atoms with van der Waals surface area (Å²) in [5.74, 6) is 2.38. The molecule has 4 heterocycles. The van der Waals surface area contributed by atoms with Crippen molar-refractivity contribution in [1.29, 1.82) is 0 Å². The van der Waals surface area contributed by atoms with Crippen molar-refractivity contribution in [3.63, 3.8) is 0 Å². The average molecular weight is 590 g/mol. The maximum atomic E-state index is 12.5. The lowest BCUT2D eigenvalue weighted by Gasteiger charge is -2.14. The van der Waals surface area contributed by atoms with Gasteiger partial charge in [-0.05, 0) is 67.3 Å². The van der Waals surface area contributed by atoms with Gasteiger partial charge in [-0.25, -0.2) is 4.98 Å². The van der Waals surface area contributed by atoms with E-state index in [1.807, 2.05) is 59.5 Å². The molecular weight excluding hydrogens is 558 g/mol. The number of likely N-dealkylation sites (tertiary alicyclic amines) is 1. The zero-order chi connectivity index (χ0) is 30.2. The smallest absolute Gasteiger partial charge is 0.258 e. The van der Waals surface area contributed by atoms with Crippen molar-refractivity contribution in [3.05, 3.63) is 101 Å². The Balaban J connectivity index is 1.16. The first kappa shape index (κ1) is 27.6. The van der Waals surface area contributed by atoms with Crippen LogP contribution in [-0.4, -0.2) is 53.3 Å². The van der Waals surface area contributed by atoms with E-state index in [-0.39, 0.29) is 23.9 Å².